The van der Waals surface area contributed by atoms with E-state index in [2.05, 4.69) is 6.07 Å². The van der Waals surface area contributed by atoms with Gasteiger partial charge < -0.3 is 0 Å². The Hall–Kier alpha value is -1.78. The molecule has 2 rings (SSSR count). The van der Waals surface area contributed by atoms with Crippen LogP contribution in [0.2, 0.25) is 0 Å². The zero-order valence-corrected chi connectivity index (χ0v) is 10.3. The van der Waals surface area contributed by atoms with E-state index in [1.54, 1.807) is 0 Å². The Morgan fingerprint density at radius 2 is 1.29 bits per heavy atom. The van der Waals surface area contributed by atoms with E-state index in [4.69, 9.17) is 16.9 Å². The number of rotatable bonds is 2. The van der Waals surface area contributed by atoms with Crippen LogP contribution < -0.4 is 0 Å². The summed E-state index contributed by atoms with van der Waals surface area (Å²) in [5, 5.41) is 8.27. The normalized spacial score (nSPS) is 8.71. The third-order valence-corrected chi connectivity index (χ3v) is 2.43. The summed E-state index contributed by atoms with van der Waals surface area (Å²) in [6.07, 6.45) is 0.515. The zero-order chi connectivity index (χ0) is 12.3. The summed E-state index contributed by atoms with van der Waals surface area (Å²) in [7, 11) is 0. The molecule has 0 fully saturated rings. The SMILES string of the molecule is ClCc1ccccc1.N#CCc1ccccc1. The fraction of sp³-hybridized carbons (Fsp3) is 0.133. The van der Waals surface area contributed by atoms with Crippen molar-refractivity contribution < 1.29 is 0 Å². The van der Waals surface area contributed by atoms with Gasteiger partial charge in [-0.25, -0.2) is 0 Å². The van der Waals surface area contributed by atoms with Crippen molar-refractivity contribution in [2.45, 2.75) is 12.3 Å². The molecule has 0 bridgehead atoms. The van der Waals surface area contributed by atoms with Crippen molar-refractivity contribution in [2.24, 2.45) is 0 Å². The first kappa shape index (κ1) is 13.3. The topological polar surface area (TPSA) is 23.8 Å². The van der Waals surface area contributed by atoms with E-state index in [-0.39, 0.29) is 0 Å². The summed E-state index contributed by atoms with van der Waals surface area (Å²) in [5.74, 6) is 0.612. The Morgan fingerprint density at radius 1 is 0.824 bits per heavy atom. The van der Waals surface area contributed by atoms with E-state index in [9.17, 15) is 0 Å². The van der Waals surface area contributed by atoms with Crippen LogP contribution in [0.1, 0.15) is 11.1 Å². The van der Waals surface area contributed by atoms with Crippen LogP contribution in [-0.2, 0) is 12.3 Å². The molecule has 0 saturated carbocycles. The van der Waals surface area contributed by atoms with Crippen LogP contribution in [0, 0.1) is 11.3 Å². The van der Waals surface area contributed by atoms with E-state index in [1.807, 2.05) is 60.7 Å². The number of nitriles is 1. The average molecular weight is 244 g/mol. The summed E-state index contributed by atoms with van der Waals surface area (Å²) in [4.78, 5) is 0. The summed E-state index contributed by atoms with van der Waals surface area (Å²) in [5.41, 5.74) is 2.26. The number of hydrogen-bond acceptors (Lipinski definition) is 1. The van der Waals surface area contributed by atoms with Gasteiger partial charge in [0.15, 0.2) is 0 Å². The molecule has 1 nitrogen and oxygen atoms in total. The van der Waals surface area contributed by atoms with Crippen LogP contribution in [0.4, 0.5) is 0 Å². The number of hydrogen-bond donors (Lipinski definition) is 0. The Morgan fingerprint density at radius 3 is 1.65 bits per heavy atom. The van der Waals surface area contributed by atoms with Crippen LogP contribution in [0.3, 0.4) is 0 Å². The monoisotopic (exact) mass is 243 g/mol. The lowest BCUT2D eigenvalue weighted by atomic mass is 10.2. The smallest absolute Gasteiger partial charge is 0.0669 e. The quantitative estimate of drug-likeness (QED) is 0.726. The van der Waals surface area contributed by atoms with Gasteiger partial charge in [-0.15, -0.1) is 11.6 Å². The highest BCUT2D eigenvalue weighted by Crippen LogP contribution is 2.00. The lowest BCUT2D eigenvalue weighted by Gasteiger charge is -1.88. The van der Waals surface area contributed by atoms with E-state index >= 15 is 0 Å². The van der Waals surface area contributed by atoms with Gasteiger partial charge in [-0.05, 0) is 11.1 Å². The second-order valence-corrected chi connectivity index (χ2v) is 3.71. The Balaban J connectivity index is 0.000000171. The standard InChI is InChI=1S/C8H7N.C7H7Cl/c9-7-6-8-4-2-1-3-5-8;8-6-7-4-2-1-3-5-7/h1-5H,6H2;1-5H,6H2. The highest BCUT2D eigenvalue weighted by molar-refractivity contribution is 6.17. The fourth-order valence-electron chi connectivity index (χ4n) is 1.25. The van der Waals surface area contributed by atoms with Gasteiger partial charge >= 0.3 is 0 Å². The molecular formula is C15H14ClN. The van der Waals surface area contributed by atoms with E-state index in [1.165, 1.54) is 5.56 Å². The second kappa shape index (κ2) is 8.38. The largest absolute Gasteiger partial charge is 0.198 e. The maximum atomic E-state index is 8.27. The highest BCUT2D eigenvalue weighted by atomic mass is 35.5. The first-order valence-electron chi connectivity index (χ1n) is 5.37. The minimum absolute atomic E-state index is 0.515. The molecule has 0 aliphatic rings. The van der Waals surface area contributed by atoms with E-state index < -0.39 is 0 Å². The van der Waals surface area contributed by atoms with Crippen molar-refractivity contribution in [3.05, 3.63) is 71.8 Å². The molecule has 0 aliphatic heterocycles. The van der Waals surface area contributed by atoms with Gasteiger partial charge in [0.25, 0.3) is 0 Å². The van der Waals surface area contributed by atoms with Crippen molar-refractivity contribution >= 4 is 11.6 Å². The first-order valence-corrected chi connectivity index (χ1v) is 5.91. The summed E-state index contributed by atoms with van der Waals surface area (Å²) in [6.45, 7) is 0. The summed E-state index contributed by atoms with van der Waals surface area (Å²) in [6, 6.07) is 21.8. The minimum Gasteiger partial charge on any atom is -0.198 e. The van der Waals surface area contributed by atoms with Crippen molar-refractivity contribution in [3.63, 3.8) is 0 Å². The van der Waals surface area contributed by atoms with Gasteiger partial charge in [0.05, 0.1) is 12.5 Å². The number of nitrogens with zero attached hydrogens (tertiary/aromatic N) is 1. The second-order valence-electron chi connectivity index (χ2n) is 3.44. The first-order chi connectivity index (χ1) is 8.36. The van der Waals surface area contributed by atoms with Crippen molar-refractivity contribution in [1.29, 1.82) is 5.26 Å². The molecule has 2 aromatic carbocycles. The molecule has 0 unspecified atom stereocenters. The Bertz CT molecular complexity index is 445. The van der Waals surface area contributed by atoms with Gasteiger partial charge in [-0.1, -0.05) is 60.7 Å². The third-order valence-electron chi connectivity index (χ3n) is 2.12. The molecule has 0 saturated heterocycles. The van der Waals surface area contributed by atoms with Gasteiger partial charge in [-0.2, -0.15) is 5.26 Å². The maximum Gasteiger partial charge on any atom is 0.0669 e. The lowest BCUT2D eigenvalue weighted by molar-refractivity contribution is 1.26. The molecule has 2 heteroatoms. The fourth-order valence-corrected chi connectivity index (χ4v) is 1.43. The Labute approximate surface area is 107 Å². The zero-order valence-electron chi connectivity index (χ0n) is 9.51. The maximum absolute atomic E-state index is 8.27. The molecule has 0 atom stereocenters. The van der Waals surface area contributed by atoms with Crippen molar-refractivity contribution in [3.8, 4) is 6.07 Å². The van der Waals surface area contributed by atoms with Gasteiger partial charge in [0.2, 0.25) is 0 Å². The van der Waals surface area contributed by atoms with Crippen molar-refractivity contribution in [2.75, 3.05) is 0 Å². The average Bonchev–Trinajstić information content (AvgIpc) is 2.42. The Kier molecular flexibility index (Phi) is 6.55. The molecule has 0 radical (unpaired) electrons. The third kappa shape index (κ3) is 5.75. The molecule has 86 valence electrons. The molecular weight excluding hydrogens is 230 g/mol. The molecule has 2 aromatic rings. The predicted molar refractivity (Wildman–Crippen MR) is 71.8 cm³/mol. The van der Waals surface area contributed by atoms with Gasteiger partial charge in [-0.3, -0.25) is 0 Å². The van der Waals surface area contributed by atoms with Gasteiger partial charge in [0.1, 0.15) is 0 Å². The van der Waals surface area contributed by atoms with Crippen LogP contribution in [0.5, 0.6) is 0 Å². The van der Waals surface area contributed by atoms with Crippen LogP contribution in [0.25, 0.3) is 0 Å². The molecule has 0 N–H and O–H groups in total. The van der Waals surface area contributed by atoms with Crippen molar-refractivity contribution in [1.82, 2.24) is 0 Å². The summed E-state index contributed by atoms with van der Waals surface area (Å²) >= 11 is 5.53. The molecule has 17 heavy (non-hydrogen) atoms. The number of halogens is 1. The number of benzene rings is 2. The van der Waals surface area contributed by atoms with E-state index in [0.29, 0.717) is 12.3 Å². The van der Waals surface area contributed by atoms with E-state index in [0.717, 1.165) is 5.56 Å². The summed E-state index contributed by atoms with van der Waals surface area (Å²) < 4.78 is 0. The minimum atomic E-state index is 0.515. The lowest BCUT2D eigenvalue weighted by Crippen LogP contribution is -1.76. The molecule has 0 aromatic heterocycles. The van der Waals surface area contributed by atoms with Crippen LogP contribution in [0.15, 0.2) is 60.7 Å². The van der Waals surface area contributed by atoms with Crippen LogP contribution >= 0.6 is 11.6 Å². The van der Waals surface area contributed by atoms with Gasteiger partial charge in [0, 0.05) is 5.88 Å². The van der Waals surface area contributed by atoms with Crippen LogP contribution in [-0.4, -0.2) is 0 Å². The molecule has 0 heterocycles. The predicted octanol–water partition coefficient (Wildman–Crippen LogP) is 4.18. The molecule has 0 aliphatic carbocycles. The highest BCUT2D eigenvalue weighted by Gasteiger charge is 1.84. The molecule has 0 spiro atoms. The molecule has 0 amide bonds. The number of alkyl halides is 1.